The number of rotatable bonds is 3. The molecule has 0 rings (SSSR count). The Balaban J connectivity index is 3.38. The molecule has 0 aromatic carbocycles. The van der Waals surface area contributed by atoms with Gasteiger partial charge in [-0.25, -0.2) is 0 Å². The first-order valence-electron chi connectivity index (χ1n) is 3.41. The highest BCUT2D eigenvalue weighted by atomic mass is 29.2. The lowest BCUT2D eigenvalue weighted by atomic mass is 10.7. The predicted octanol–water partition coefficient (Wildman–Crippen LogP) is 0.462. The molecule has 0 atom stereocenters. The van der Waals surface area contributed by atoms with Crippen LogP contribution in [0.1, 0.15) is 0 Å². The van der Waals surface area contributed by atoms with Crippen LogP contribution >= 0.6 is 0 Å². The van der Waals surface area contributed by atoms with Crippen molar-refractivity contribution in [1.82, 2.24) is 0 Å². The number of hydrogen-bond acceptors (Lipinski definition) is 1. The summed E-state index contributed by atoms with van der Waals surface area (Å²) in [4.78, 5) is 0. The quantitative estimate of drug-likeness (QED) is 0.595. The fourth-order valence-electron chi connectivity index (χ4n) is 0.533. The van der Waals surface area contributed by atoms with Gasteiger partial charge >= 0.3 is 0 Å². The SMILES string of the molecule is C[Si](C)(C)[SiH2]C=CCN. The van der Waals surface area contributed by atoms with Gasteiger partial charge < -0.3 is 5.73 Å². The third-order valence-corrected chi connectivity index (χ3v) is 7.21. The number of hydrogen-bond donors (Lipinski definition) is 1. The molecule has 0 fully saturated rings. The van der Waals surface area contributed by atoms with Gasteiger partial charge in [0.2, 0.25) is 0 Å². The molecule has 0 amide bonds. The van der Waals surface area contributed by atoms with Crippen LogP contribution in [0.5, 0.6) is 0 Å². The molecule has 0 aliphatic carbocycles. The van der Waals surface area contributed by atoms with Crippen molar-refractivity contribution in [2.75, 3.05) is 6.54 Å². The van der Waals surface area contributed by atoms with Crippen LogP contribution in [0.4, 0.5) is 0 Å². The Labute approximate surface area is 61.0 Å². The Bertz CT molecular complexity index is 93.7. The van der Waals surface area contributed by atoms with Gasteiger partial charge in [0.25, 0.3) is 0 Å². The van der Waals surface area contributed by atoms with E-state index in [0.717, 1.165) is 6.54 Å². The van der Waals surface area contributed by atoms with Gasteiger partial charge in [0.15, 0.2) is 0 Å². The molecule has 0 aromatic heterocycles. The smallest absolute Gasteiger partial charge is 0.0396 e. The third kappa shape index (κ3) is 8.13. The van der Waals surface area contributed by atoms with Gasteiger partial charge in [0.1, 0.15) is 0 Å². The van der Waals surface area contributed by atoms with E-state index in [-0.39, 0.29) is 9.04 Å². The largest absolute Gasteiger partial charge is 0.327 e. The molecule has 0 spiro atoms. The summed E-state index contributed by atoms with van der Waals surface area (Å²) in [5.41, 5.74) is 7.65. The van der Waals surface area contributed by atoms with Gasteiger partial charge in [-0.05, 0) is 0 Å². The minimum absolute atomic E-state index is 0.117. The standard InChI is InChI=1S/C6H17NSi2/c1-9(2,3)8-6-4-5-7/h4,6H,5,7-8H2,1-3H3. The summed E-state index contributed by atoms with van der Waals surface area (Å²) in [7, 11) is -0.581. The number of nitrogens with two attached hydrogens (primary N) is 1. The molecule has 9 heavy (non-hydrogen) atoms. The first-order chi connectivity index (χ1) is 4.06. The van der Waals surface area contributed by atoms with Crippen LogP contribution in [0.15, 0.2) is 11.8 Å². The summed E-state index contributed by atoms with van der Waals surface area (Å²) in [6, 6.07) is 0. The average molecular weight is 159 g/mol. The van der Waals surface area contributed by atoms with Crippen LogP contribution < -0.4 is 5.73 Å². The summed E-state index contributed by atoms with van der Waals surface area (Å²) >= 11 is 0. The van der Waals surface area contributed by atoms with Gasteiger partial charge in [-0.15, -0.1) is 5.70 Å². The maximum Gasteiger partial charge on any atom is 0.0396 e. The van der Waals surface area contributed by atoms with E-state index in [1.807, 2.05) is 0 Å². The molecule has 0 unspecified atom stereocenters. The topological polar surface area (TPSA) is 26.0 Å². The molecule has 0 saturated carbocycles. The zero-order chi connectivity index (χ0) is 7.33. The summed E-state index contributed by atoms with van der Waals surface area (Å²) in [5, 5.41) is 0. The van der Waals surface area contributed by atoms with Crippen LogP contribution in [0.3, 0.4) is 0 Å². The third-order valence-electron chi connectivity index (χ3n) is 1.03. The zero-order valence-corrected chi connectivity index (χ0v) is 9.06. The summed E-state index contributed by atoms with van der Waals surface area (Å²) in [5.74, 6) is 0. The second kappa shape index (κ2) is 4.03. The summed E-state index contributed by atoms with van der Waals surface area (Å²) in [6.45, 7) is 7.97. The Kier molecular flexibility index (Phi) is 4.09. The second-order valence-electron chi connectivity index (χ2n) is 3.47. The van der Waals surface area contributed by atoms with Crippen LogP contribution in [-0.4, -0.2) is 23.2 Å². The first kappa shape index (κ1) is 9.13. The summed E-state index contributed by atoms with van der Waals surface area (Å²) in [6.07, 6.45) is 2.10. The maximum absolute atomic E-state index is 5.31. The molecular weight excluding hydrogens is 142 g/mol. The lowest BCUT2D eigenvalue weighted by Crippen LogP contribution is -2.28. The lowest BCUT2D eigenvalue weighted by Gasteiger charge is -2.10. The molecule has 3 heteroatoms. The van der Waals surface area contributed by atoms with Gasteiger partial charge in [0.05, 0.1) is 0 Å². The van der Waals surface area contributed by atoms with E-state index in [1.165, 1.54) is 0 Å². The van der Waals surface area contributed by atoms with E-state index in [1.54, 1.807) is 0 Å². The van der Waals surface area contributed by atoms with Crippen molar-refractivity contribution in [1.29, 1.82) is 0 Å². The Morgan fingerprint density at radius 1 is 1.44 bits per heavy atom. The highest BCUT2D eigenvalue weighted by Gasteiger charge is 2.09. The van der Waals surface area contributed by atoms with Gasteiger partial charge in [-0.1, -0.05) is 25.7 Å². The van der Waals surface area contributed by atoms with Crippen LogP contribution in [-0.2, 0) is 0 Å². The lowest BCUT2D eigenvalue weighted by molar-refractivity contribution is 1.26. The van der Waals surface area contributed by atoms with Gasteiger partial charge in [-0.3, -0.25) is 0 Å². The van der Waals surface area contributed by atoms with Crippen molar-refractivity contribution in [2.24, 2.45) is 5.73 Å². The van der Waals surface area contributed by atoms with Crippen LogP contribution in [0.25, 0.3) is 0 Å². The van der Waals surface area contributed by atoms with E-state index < -0.39 is 7.59 Å². The molecule has 1 nitrogen and oxygen atoms in total. The van der Waals surface area contributed by atoms with Gasteiger partial charge in [0, 0.05) is 23.2 Å². The Hall–Kier alpha value is 0.134. The van der Waals surface area contributed by atoms with Crippen LogP contribution in [0.2, 0.25) is 19.6 Å². The predicted molar refractivity (Wildman–Crippen MR) is 50.1 cm³/mol. The van der Waals surface area contributed by atoms with E-state index in [0.29, 0.717) is 0 Å². The molecule has 0 bridgehead atoms. The minimum atomic E-state index is -0.698. The molecule has 0 aliphatic heterocycles. The normalized spacial score (nSPS) is 14.2. The van der Waals surface area contributed by atoms with E-state index in [4.69, 9.17) is 5.73 Å². The second-order valence-corrected chi connectivity index (χ2v) is 17.1. The molecule has 54 valence electrons. The molecule has 0 radical (unpaired) electrons. The Morgan fingerprint density at radius 3 is 2.33 bits per heavy atom. The first-order valence-corrected chi connectivity index (χ1v) is 10.1. The monoisotopic (exact) mass is 159 g/mol. The molecular formula is C6H17NSi2. The van der Waals surface area contributed by atoms with Crippen molar-refractivity contribution in [3.63, 3.8) is 0 Å². The highest BCUT2D eigenvalue weighted by molar-refractivity contribution is 7.24. The summed E-state index contributed by atoms with van der Waals surface area (Å²) < 4.78 is 0. The molecule has 0 aromatic rings. The fourth-order valence-corrected chi connectivity index (χ4v) is 4.22. The van der Waals surface area contributed by atoms with E-state index in [2.05, 4.69) is 31.4 Å². The van der Waals surface area contributed by atoms with E-state index >= 15 is 0 Å². The molecule has 0 aliphatic rings. The van der Waals surface area contributed by atoms with Crippen molar-refractivity contribution >= 4 is 16.6 Å². The van der Waals surface area contributed by atoms with Crippen LogP contribution in [0, 0.1) is 0 Å². The van der Waals surface area contributed by atoms with Crippen molar-refractivity contribution in [3.05, 3.63) is 11.8 Å². The Morgan fingerprint density at radius 2 is 2.00 bits per heavy atom. The molecule has 0 saturated heterocycles. The van der Waals surface area contributed by atoms with E-state index in [9.17, 15) is 0 Å². The highest BCUT2D eigenvalue weighted by Crippen LogP contribution is 1.96. The van der Waals surface area contributed by atoms with Crippen molar-refractivity contribution < 1.29 is 0 Å². The maximum atomic E-state index is 5.31. The molecule has 0 heterocycles. The average Bonchev–Trinajstić information content (AvgIpc) is 1.63. The van der Waals surface area contributed by atoms with Crippen molar-refractivity contribution in [3.8, 4) is 0 Å². The zero-order valence-electron chi connectivity index (χ0n) is 6.65. The fraction of sp³-hybridized carbons (Fsp3) is 0.667. The van der Waals surface area contributed by atoms with Gasteiger partial charge in [-0.2, -0.15) is 0 Å². The molecule has 2 N–H and O–H groups in total. The van der Waals surface area contributed by atoms with Crippen molar-refractivity contribution in [2.45, 2.75) is 19.6 Å². The minimum Gasteiger partial charge on any atom is -0.327 e.